The van der Waals surface area contributed by atoms with Crippen LogP contribution >= 0.6 is 23.1 Å². The van der Waals surface area contributed by atoms with Gasteiger partial charge in [0.2, 0.25) is 5.88 Å². The van der Waals surface area contributed by atoms with Gasteiger partial charge in [-0.05, 0) is 37.0 Å². The molecular formula is C13H20N2OS2. The van der Waals surface area contributed by atoms with Crippen LogP contribution in [-0.4, -0.2) is 23.6 Å². The molecule has 0 saturated carbocycles. The van der Waals surface area contributed by atoms with Crippen LogP contribution in [0.15, 0.2) is 24.1 Å². The van der Waals surface area contributed by atoms with Crippen molar-refractivity contribution >= 4 is 23.1 Å². The smallest absolute Gasteiger partial charge is 0.207 e. The summed E-state index contributed by atoms with van der Waals surface area (Å²) in [6, 6.07) is 4.58. The molecular weight excluding hydrogens is 264 g/mol. The Bertz CT molecular complexity index is 417. The molecule has 0 saturated heterocycles. The largest absolute Gasteiger partial charge is 0.388 e. The Balaban J connectivity index is 2.03. The number of hydroxylamine groups is 2. The number of nitrogens with zero attached hydrogens (tertiary/aromatic N) is 1. The third-order valence-electron chi connectivity index (χ3n) is 2.90. The fourth-order valence-corrected chi connectivity index (χ4v) is 3.42. The number of hydrogen-bond acceptors (Lipinski definition) is 5. The minimum absolute atomic E-state index is 0.192. The molecule has 100 valence electrons. The highest BCUT2D eigenvalue weighted by atomic mass is 32.2. The van der Waals surface area contributed by atoms with E-state index in [1.807, 2.05) is 34.2 Å². The van der Waals surface area contributed by atoms with Crippen molar-refractivity contribution in [1.29, 1.82) is 0 Å². The molecule has 2 rings (SSSR count). The molecule has 2 N–H and O–H groups in total. The zero-order valence-electron chi connectivity index (χ0n) is 10.9. The molecule has 0 aromatic carbocycles. The lowest BCUT2D eigenvalue weighted by molar-refractivity contribution is -0.118. The highest BCUT2D eigenvalue weighted by molar-refractivity contribution is 7.98. The van der Waals surface area contributed by atoms with E-state index < -0.39 is 0 Å². The van der Waals surface area contributed by atoms with E-state index in [0.717, 1.165) is 25.1 Å². The zero-order valence-corrected chi connectivity index (χ0v) is 12.5. The zero-order chi connectivity index (χ0) is 13.0. The van der Waals surface area contributed by atoms with Gasteiger partial charge in [0.25, 0.3) is 0 Å². The van der Waals surface area contributed by atoms with E-state index in [4.69, 9.17) is 10.6 Å². The number of thiophene rings is 1. The van der Waals surface area contributed by atoms with Gasteiger partial charge in [-0.15, -0.1) is 16.4 Å². The van der Waals surface area contributed by atoms with Gasteiger partial charge in [0.1, 0.15) is 6.04 Å². The van der Waals surface area contributed by atoms with Crippen molar-refractivity contribution in [2.24, 2.45) is 5.73 Å². The van der Waals surface area contributed by atoms with Crippen LogP contribution in [0.5, 0.6) is 0 Å². The van der Waals surface area contributed by atoms with Crippen molar-refractivity contribution < 1.29 is 4.84 Å². The standard InChI is InChI=1S/C13H20N2OS2/c1-3-10-5-6-12(18-10)11-9-13(14)16-15(11)7-4-8-17-2/h5-6,9,11H,3-4,7-8,14H2,1-2H3. The predicted molar refractivity (Wildman–Crippen MR) is 79.5 cm³/mol. The van der Waals surface area contributed by atoms with Gasteiger partial charge in [0.15, 0.2) is 0 Å². The van der Waals surface area contributed by atoms with Crippen LogP contribution in [-0.2, 0) is 11.3 Å². The SMILES string of the molecule is CCc1ccc(C2C=C(N)ON2CCCSC)s1. The molecule has 0 spiro atoms. The van der Waals surface area contributed by atoms with E-state index >= 15 is 0 Å². The molecule has 1 aliphatic rings. The molecule has 0 fully saturated rings. The van der Waals surface area contributed by atoms with E-state index in [2.05, 4.69) is 25.3 Å². The van der Waals surface area contributed by atoms with Gasteiger partial charge in [-0.3, -0.25) is 0 Å². The summed E-state index contributed by atoms with van der Waals surface area (Å²) >= 11 is 3.71. The quantitative estimate of drug-likeness (QED) is 0.814. The minimum Gasteiger partial charge on any atom is -0.388 e. The van der Waals surface area contributed by atoms with E-state index in [1.165, 1.54) is 9.75 Å². The van der Waals surface area contributed by atoms with Crippen LogP contribution in [0.2, 0.25) is 0 Å². The van der Waals surface area contributed by atoms with Crippen LogP contribution in [0.3, 0.4) is 0 Å². The van der Waals surface area contributed by atoms with Crippen LogP contribution in [0.1, 0.15) is 29.1 Å². The first-order chi connectivity index (χ1) is 8.74. The summed E-state index contributed by atoms with van der Waals surface area (Å²) in [5, 5.41) is 2.00. The Labute approximate surface area is 117 Å². The molecule has 3 nitrogen and oxygen atoms in total. The lowest BCUT2D eigenvalue weighted by atomic mass is 10.2. The van der Waals surface area contributed by atoms with Crippen LogP contribution < -0.4 is 5.73 Å². The maximum atomic E-state index is 5.79. The number of aryl methyl sites for hydroxylation is 1. The summed E-state index contributed by atoms with van der Waals surface area (Å²) in [4.78, 5) is 8.31. The van der Waals surface area contributed by atoms with E-state index in [1.54, 1.807) is 0 Å². The van der Waals surface area contributed by atoms with Gasteiger partial charge < -0.3 is 10.6 Å². The summed E-state index contributed by atoms with van der Waals surface area (Å²) in [6.07, 6.45) is 6.33. The lowest BCUT2D eigenvalue weighted by Gasteiger charge is -2.21. The third kappa shape index (κ3) is 3.22. The first kappa shape index (κ1) is 13.8. The van der Waals surface area contributed by atoms with Gasteiger partial charge in [0, 0.05) is 22.4 Å². The van der Waals surface area contributed by atoms with Gasteiger partial charge in [0.05, 0.1) is 0 Å². The number of hydrogen-bond donors (Lipinski definition) is 1. The van der Waals surface area contributed by atoms with Crippen molar-refractivity contribution in [3.63, 3.8) is 0 Å². The maximum absolute atomic E-state index is 5.79. The Morgan fingerprint density at radius 1 is 1.50 bits per heavy atom. The summed E-state index contributed by atoms with van der Waals surface area (Å²) < 4.78 is 0. The predicted octanol–water partition coefficient (Wildman–Crippen LogP) is 3.15. The second kappa shape index (κ2) is 6.50. The second-order valence-electron chi connectivity index (χ2n) is 4.25. The van der Waals surface area contributed by atoms with E-state index in [9.17, 15) is 0 Å². The van der Waals surface area contributed by atoms with Gasteiger partial charge in [-0.1, -0.05) is 6.92 Å². The normalized spacial score (nSPS) is 19.9. The van der Waals surface area contributed by atoms with Gasteiger partial charge in [-0.2, -0.15) is 11.8 Å². The first-order valence-electron chi connectivity index (χ1n) is 6.24. The molecule has 0 aliphatic carbocycles. The average Bonchev–Trinajstić information content (AvgIpc) is 2.96. The minimum atomic E-state index is 0.192. The fraction of sp³-hybridized carbons (Fsp3) is 0.538. The van der Waals surface area contributed by atoms with Crippen LogP contribution in [0.4, 0.5) is 0 Å². The first-order valence-corrected chi connectivity index (χ1v) is 8.45. The van der Waals surface area contributed by atoms with Crippen molar-refractivity contribution in [2.75, 3.05) is 18.6 Å². The molecule has 1 unspecified atom stereocenters. The Kier molecular flexibility index (Phi) is 4.97. The molecule has 0 bridgehead atoms. The highest BCUT2D eigenvalue weighted by Crippen LogP contribution is 2.34. The van der Waals surface area contributed by atoms with Crippen LogP contribution in [0, 0.1) is 0 Å². The topological polar surface area (TPSA) is 38.5 Å². The molecule has 0 radical (unpaired) electrons. The van der Waals surface area contributed by atoms with Crippen molar-refractivity contribution in [3.05, 3.63) is 33.8 Å². The van der Waals surface area contributed by atoms with E-state index in [0.29, 0.717) is 5.88 Å². The lowest BCUT2D eigenvalue weighted by Crippen LogP contribution is -2.24. The molecule has 1 atom stereocenters. The Morgan fingerprint density at radius 3 is 3.00 bits per heavy atom. The second-order valence-corrected chi connectivity index (χ2v) is 6.44. The van der Waals surface area contributed by atoms with Crippen LogP contribution in [0.25, 0.3) is 0 Å². The van der Waals surface area contributed by atoms with Crippen molar-refractivity contribution in [1.82, 2.24) is 5.06 Å². The summed E-state index contributed by atoms with van der Waals surface area (Å²) in [5.41, 5.74) is 5.79. The van der Waals surface area contributed by atoms with E-state index in [-0.39, 0.29) is 6.04 Å². The number of nitrogens with two attached hydrogens (primary N) is 1. The van der Waals surface area contributed by atoms with Crippen molar-refractivity contribution in [2.45, 2.75) is 25.8 Å². The van der Waals surface area contributed by atoms with Gasteiger partial charge >= 0.3 is 0 Å². The molecule has 5 heteroatoms. The number of thioether (sulfide) groups is 1. The van der Waals surface area contributed by atoms with Gasteiger partial charge in [-0.25, -0.2) is 0 Å². The highest BCUT2D eigenvalue weighted by Gasteiger charge is 2.27. The third-order valence-corrected chi connectivity index (χ3v) is 4.90. The molecule has 0 amide bonds. The van der Waals surface area contributed by atoms with Crippen molar-refractivity contribution in [3.8, 4) is 0 Å². The monoisotopic (exact) mass is 284 g/mol. The molecule has 1 aromatic heterocycles. The number of rotatable bonds is 6. The maximum Gasteiger partial charge on any atom is 0.207 e. The summed E-state index contributed by atoms with van der Waals surface area (Å²) in [5.74, 6) is 1.67. The molecule has 1 aliphatic heterocycles. The molecule has 18 heavy (non-hydrogen) atoms. The Hall–Kier alpha value is -0.650. The Morgan fingerprint density at radius 2 is 2.33 bits per heavy atom. The average molecular weight is 284 g/mol. The fourth-order valence-electron chi connectivity index (χ4n) is 1.98. The molecule has 1 aromatic rings. The summed E-state index contributed by atoms with van der Waals surface area (Å²) in [7, 11) is 0. The summed E-state index contributed by atoms with van der Waals surface area (Å²) in [6.45, 7) is 3.10. The molecule has 2 heterocycles.